The van der Waals surface area contributed by atoms with Gasteiger partial charge in [-0.15, -0.1) is 0 Å². The molecule has 29 heavy (non-hydrogen) atoms. The van der Waals surface area contributed by atoms with Crippen LogP contribution >= 0.6 is 0 Å². The first-order valence-electron chi connectivity index (χ1n) is 9.96. The van der Waals surface area contributed by atoms with Crippen molar-refractivity contribution in [3.05, 3.63) is 47.8 Å². The maximum atomic E-state index is 13.7. The summed E-state index contributed by atoms with van der Waals surface area (Å²) in [5.74, 6) is -0.646. The van der Waals surface area contributed by atoms with Gasteiger partial charge >= 0.3 is 0 Å². The molecule has 0 aromatic heterocycles. The fourth-order valence-corrected chi connectivity index (χ4v) is 3.67. The van der Waals surface area contributed by atoms with Crippen molar-refractivity contribution in [2.24, 2.45) is 5.92 Å². The summed E-state index contributed by atoms with van der Waals surface area (Å²) in [5, 5.41) is 31.3. The second kappa shape index (κ2) is 8.30. The Bertz CT molecular complexity index is 866. The molecule has 1 fully saturated rings. The van der Waals surface area contributed by atoms with Crippen LogP contribution in [0.15, 0.2) is 36.4 Å². The van der Waals surface area contributed by atoms with E-state index in [1.807, 2.05) is 20.8 Å². The molecule has 3 N–H and O–H groups in total. The number of benzene rings is 2. The summed E-state index contributed by atoms with van der Waals surface area (Å²) in [6.45, 7) is 7.46. The van der Waals surface area contributed by atoms with Crippen LogP contribution in [-0.4, -0.2) is 39.4 Å². The highest BCUT2D eigenvalue weighted by atomic mass is 19.1. The van der Waals surface area contributed by atoms with Gasteiger partial charge in [0.2, 0.25) is 6.29 Å². The van der Waals surface area contributed by atoms with E-state index in [1.165, 1.54) is 18.2 Å². The number of halogens is 1. The first kappa shape index (κ1) is 21.6. The molecule has 1 aliphatic heterocycles. The third kappa shape index (κ3) is 4.39. The highest BCUT2D eigenvalue weighted by molar-refractivity contribution is 5.71. The van der Waals surface area contributed by atoms with Gasteiger partial charge in [0.1, 0.15) is 11.9 Å². The lowest BCUT2D eigenvalue weighted by Gasteiger charge is -2.46. The van der Waals surface area contributed by atoms with Crippen LogP contribution in [0.4, 0.5) is 4.39 Å². The molecule has 0 aliphatic carbocycles. The Balaban J connectivity index is 1.95. The number of hydrogen-bond donors (Lipinski definition) is 3. The molecule has 2 aromatic carbocycles. The minimum atomic E-state index is -1.25. The van der Waals surface area contributed by atoms with Gasteiger partial charge in [-0.2, -0.15) is 0 Å². The minimum absolute atomic E-state index is 0.147. The zero-order valence-corrected chi connectivity index (χ0v) is 17.2. The molecule has 0 bridgehead atoms. The first-order chi connectivity index (χ1) is 13.6. The zero-order chi connectivity index (χ0) is 21.3. The van der Waals surface area contributed by atoms with E-state index < -0.39 is 24.1 Å². The molecule has 4 atom stereocenters. The van der Waals surface area contributed by atoms with Crippen molar-refractivity contribution in [1.29, 1.82) is 0 Å². The molecule has 158 valence electrons. The van der Waals surface area contributed by atoms with Crippen molar-refractivity contribution in [1.82, 2.24) is 0 Å². The highest BCUT2D eigenvalue weighted by Crippen LogP contribution is 2.40. The van der Waals surface area contributed by atoms with Crippen LogP contribution in [0, 0.1) is 11.7 Å². The summed E-state index contributed by atoms with van der Waals surface area (Å²) in [4.78, 5) is 0. The van der Waals surface area contributed by atoms with E-state index >= 15 is 0 Å². The van der Waals surface area contributed by atoms with Crippen LogP contribution in [0.1, 0.15) is 39.7 Å². The van der Waals surface area contributed by atoms with Gasteiger partial charge in [-0.25, -0.2) is 4.39 Å². The summed E-state index contributed by atoms with van der Waals surface area (Å²) >= 11 is 0. The average molecular weight is 404 g/mol. The van der Waals surface area contributed by atoms with Crippen molar-refractivity contribution in [2.45, 2.75) is 64.6 Å². The molecule has 6 heteroatoms. The van der Waals surface area contributed by atoms with Crippen molar-refractivity contribution in [2.75, 3.05) is 0 Å². The number of aliphatic hydroxyl groups is 2. The highest BCUT2D eigenvalue weighted by Gasteiger charge is 2.47. The first-order valence-corrected chi connectivity index (χ1v) is 9.96. The fourth-order valence-electron chi connectivity index (χ4n) is 3.67. The number of aromatic hydroxyl groups is 1. The average Bonchev–Trinajstić information content (AvgIpc) is 2.67. The maximum absolute atomic E-state index is 13.7. The van der Waals surface area contributed by atoms with Gasteiger partial charge in [-0.3, -0.25) is 0 Å². The Morgan fingerprint density at radius 2 is 1.86 bits per heavy atom. The molecule has 0 amide bonds. The SMILES string of the molecule is CCCc1cc(O[C@@H]2OC(C)(C)[C@H](C)[C@@H](O)[C@H]2O)c(O)cc1-c1cccc(F)c1. The molecule has 0 radical (unpaired) electrons. The van der Waals surface area contributed by atoms with Crippen molar-refractivity contribution in [3.63, 3.8) is 0 Å². The lowest BCUT2D eigenvalue weighted by atomic mass is 9.82. The second-order valence-corrected chi connectivity index (χ2v) is 8.21. The van der Waals surface area contributed by atoms with Crippen LogP contribution in [0.3, 0.4) is 0 Å². The van der Waals surface area contributed by atoms with Gasteiger partial charge in [0, 0.05) is 5.92 Å². The van der Waals surface area contributed by atoms with Gasteiger partial charge in [0.05, 0.1) is 11.7 Å². The largest absolute Gasteiger partial charge is 0.504 e. The maximum Gasteiger partial charge on any atom is 0.229 e. The molecular formula is C23H29FO5. The molecule has 0 saturated carbocycles. The van der Waals surface area contributed by atoms with Crippen molar-refractivity contribution < 1.29 is 29.2 Å². The zero-order valence-electron chi connectivity index (χ0n) is 17.2. The van der Waals surface area contributed by atoms with Gasteiger partial charge in [-0.05, 0) is 61.2 Å². The Morgan fingerprint density at radius 3 is 2.52 bits per heavy atom. The van der Waals surface area contributed by atoms with Crippen LogP contribution < -0.4 is 4.74 Å². The smallest absolute Gasteiger partial charge is 0.229 e. The van der Waals surface area contributed by atoms with Crippen molar-refractivity contribution >= 4 is 0 Å². The van der Waals surface area contributed by atoms with Crippen LogP contribution in [-0.2, 0) is 11.2 Å². The normalized spacial score (nSPS) is 26.3. The quantitative estimate of drug-likeness (QED) is 0.701. The van der Waals surface area contributed by atoms with Crippen LogP contribution in [0.25, 0.3) is 11.1 Å². The van der Waals surface area contributed by atoms with E-state index in [4.69, 9.17) is 9.47 Å². The van der Waals surface area contributed by atoms with Gasteiger partial charge in [-0.1, -0.05) is 32.4 Å². The molecular weight excluding hydrogens is 375 g/mol. The summed E-state index contributed by atoms with van der Waals surface area (Å²) < 4.78 is 25.4. The monoisotopic (exact) mass is 404 g/mol. The van der Waals surface area contributed by atoms with Gasteiger partial charge in [0.25, 0.3) is 0 Å². The topological polar surface area (TPSA) is 79.2 Å². The van der Waals surface area contributed by atoms with Gasteiger partial charge < -0.3 is 24.8 Å². The number of aryl methyl sites for hydroxylation is 1. The van der Waals surface area contributed by atoms with Gasteiger partial charge in [0.15, 0.2) is 11.5 Å². The summed E-state index contributed by atoms with van der Waals surface area (Å²) in [6, 6.07) is 9.42. The molecule has 0 spiro atoms. The van der Waals surface area contributed by atoms with Crippen LogP contribution in [0.2, 0.25) is 0 Å². The third-order valence-corrected chi connectivity index (χ3v) is 5.74. The molecule has 2 aromatic rings. The third-order valence-electron chi connectivity index (χ3n) is 5.74. The minimum Gasteiger partial charge on any atom is -0.504 e. The number of ether oxygens (including phenoxy) is 2. The second-order valence-electron chi connectivity index (χ2n) is 8.21. The molecule has 1 saturated heterocycles. The Labute approximate surface area is 170 Å². The Morgan fingerprint density at radius 1 is 1.14 bits per heavy atom. The Kier molecular flexibility index (Phi) is 6.17. The van der Waals surface area contributed by atoms with E-state index in [9.17, 15) is 19.7 Å². The lowest BCUT2D eigenvalue weighted by molar-refractivity contribution is -0.285. The number of hydrogen-bond acceptors (Lipinski definition) is 5. The summed E-state index contributed by atoms with van der Waals surface area (Å²) in [7, 11) is 0. The molecule has 5 nitrogen and oxygen atoms in total. The number of phenols is 1. The standard InChI is InChI=1S/C23H29FO5/c1-5-7-14-11-19(18(25)12-17(14)15-8-6-9-16(24)10-15)28-22-21(27)20(26)13(2)23(3,4)29-22/h6,8-13,20-22,25-27H,5,7H2,1-4H3/t13-,20-,21-,22-/m1/s1. The predicted molar refractivity (Wildman–Crippen MR) is 108 cm³/mol. The van der Waals surface area contributed by atoms with Crippen molar-refractivity contribution in [3.8, 4) is 22.6 Å². The fraction of sp³-hybridized carbons (Fsp3) is 0.478. The molecule has 1 heterocycles. The molecule has 0 unspecified atom stereocenters. The molecule has 3 rings (SSSR count). The van der Waals surface area contributed by atoms with E-state index in [2.05, 4.69) is 0 Å². The summed E-state index contributed by atoms with van der Waals surface area (Å²) in [5.41, 5.74) is 1.54. The van der Waals surface area contributed by atoms with Crippen LogP contribution in [0.5, 0.6) is 11.5 Å². The van der Waals surface area contributed by atoms with E-state index in [-0.39, 0.29) is 23.2 Å². The predicted octanol–water partition coefficient (Wildman–Crippen LogP) is 4.02. The number of phenolic OH excluding ortho intramolecular Hbond substituents is 1. The molecule has 1 aliphatic rings. The number of rotatable bonds is 5. The number of aliphatic hydroxyl groups excluding tert-OH is 2. The van der Waals surface area contributed by atoms with E-state index in [0.717, 1.165) is 17.5 Å². The summed E-state index contributed by atoms with van der Waals surface area (Å²) in [6.07, 6.45) is -1.86. The Hall–Kier alpha value is -2.15. The van der Waals surface area contributed by atoms with E-state index in [0.29, 0.717) is 12.0 Å². The lowest BCUT2D eigenvalue weighted by Crippen LogP contribution is -2.59. The van der Waals surface area contributed by atoms with E-state index in [1.54, 1.807) is 25.1 Å².